The van der Waals surface area contributed by atoms with E-state index in [0.29, 0.717) is 0 Å². The monoisotopic (exact) mass is 405 g/mol. The van der Waals surface area contributed by atoms with Gasteiger partial charge in [0, 0.05) is 30.6 Å². The van der Waals surface area contributed by atoms with Crippen molar-refractivity contribution in [2.75, 3.05) is 26.0 Å². The van der Waals surface area contributed by atoms with E-state index >= 15 is 0 Å². The molecule has 0 aliphatic heterocycles. The summed E-state index contributed by atoms with van der Waals surface area (Å²) in [4.78, 5) is 35.6. The summed E-state index contributed by atoms with van der Waals surface area (Å²) in [6.07, 6.45) is 0.179. The van der Waals surface area contributed by atoms with Gasteiger partial charge >= 0.3 is 12.0 Å². The van der Waals surface area contributed by atoms with Crippen molar-refractivity contribution in [1.82, 2.24) is 10.2 Å². The van der Waals surface area contributed by atoms with Crippen LogP contribution in [0.3, 0.4) is 0 Å². The lowest BCUT2D eigenvalue weighted by atomic mass is 10.2. The van der Waals surface area contributed by atoms with Crippen LogP contribution in [0.4, 0.5) is 10.5 Å². The number of carbonyl (C=O) groups is 3. The smallest absolute Gasteiger partial charge is 0.337 e. The molecule has 0 aromatic heterocycles. The predicted octanol–water partition coefficient (Wildman–Crippen LogP) is 1.59. The number of anilines is 1. The first-order valence-corrected chi connectivity index (χ1v) is 7.17. The molecular weight excluding hydrogens is 389 g/mol. The van der Waals surface area contributed by atoms with Crippen LogP contribution in [0.25, 0.3) is 0 Å². The molecule has 0 aliphatic carbocycles. The summed E-state index contributed by atoms with van der Waals surface area (Å²) in [5.74, 6) is -1.22. The number of carbonyl (C=O) groups excluding carboxylic acids is 2. The van der Waals surface area contributed by atoms with Gasteiger partial charge in [-0.25, -0.2) is 9.59 Å². The van der Waals surface area contributed by atoms with Gasteiger partial charge in [0.25, 0.3) is 0 Å². The molecule has 0 spiro atoms. The number of hydrogen-bond acceptors (Lipinski definition) is 3. The van der Waals surface area contributed by atoms with Gasteiger partial charge in [0.1, 0.15) is 0 Å². The van der Waals surface area contributed by atoms with Gasteiger partial charge in [0.2, 0.25) is 5.91 Å². The zero-order chi connectivity index (χ0) is 16.0. The molecule has 0 saturated heterocycles. The molecule has 0 saturated carbocycles. The Bertz CT molecular complexity index is 560. The fraction of sp³-hybridized carbons (Fsp3) is 0.308. The molecule has 0 fully saturated rings. The second-order valence-corrected chi connectivity index (χ2v) is 5.66. The van der Waals surface area contributed by atoms with E-state index < -0.39 is 12.0 Å². The number of nitrogens with zero attached hydrogens (tertiary/aromatic N) is 1. The number of halogens is 1. The highest BCUT2D eigenvalue weighted by molar-refractivity contribution is 14.1. The van der Waals surface area contributed by atoms with Crippen molar-refractivity contribution >= 4 is 46.2 Å². The number of carboxylic acid groups (broad SMARTS) is 1. The minimum Gasteiger partial charge on any atom is -0.478 e. The van der Waals surface area contributed by atoms with Gasteiger partial charge in [-0.2, -0.15) is 0 Å². The van der Waals surface area contributed by atoms with Crippen molar-refractivity contribution in [1.29, 1.82) is 0 Å². The molecule has 8 heteroatoms. The number of amides is 3. The van der Waals surface area contributed by atoms with Crippen LogP contribution in [-0.2, 0) is 4.79 Å². The average molecular weight is 405 g/mol. The maximum atomic E-state index is 11.7. The third-order valence-corrected chi connectivity index (χ3v) is 3.25. The lowest BCUT2D eigenvalue weighted by Gasteiger charge is -2.12. The Morgan fingerprint density at radius 3 is 2.52 bits per heavy atom. The largest absolute Gasteiger partial charge is 0.478 e. The molecule has 0 atom stereocenters. The number of carboxylic acids is 1. The molecule has 0 aliphatic rings. The first-order valence-electron chi connectivity index (χ1n) is 6.09. The Morgan fingerprint density at radius 1 is 1.29 bits per heavy atom. The topological polar surface area (TPSA) is 98.7 Å². The highest BCUT2D eigenvalue weighted by Gasteiger charge is 2.13. The first-order chi connectivity index (χ1) is 9.81. The molecule has 1 aromatic carbocycles. The first kappa shape index (κ1) is 17.2. The summed E-state index contributed by atoms with van der Waals surface area (Å²) < 4.78 is 0.757. The lowest BCUT2D eigenvalue weighted by molar-refractivity contribution is -0.128. The van der Waals surface area contributed by atoms with Crippen LogP contribution in [0.5, 0.6) is 0 Å². The third kappa shape index (κ3) is 5.58. The van der Waals surface area contributed by atoms with Gasteiger partial charge < -0.3 is 20.6 Å². The van der Waals surface area contributed by atoms with E-state index in [1.165, 1.54) is 17.0 Å². The molecule has 3 amide bonds. The van der Waals surface area contributed by atoms with Crippen molar-refractivity contribution in [2.45, 2.75) is 6.42 Å². The van der Waals surface area contributed by atoms with E-state index in [1.807, 2.05) is 22.6 Å². The fourth-order valence-corrected chi connectivity index (χ4v) is 1.97. The van der Waals surface area contributed by atoms with Gasteiger partial charge in [-0.1, -0.05) is 0 Å². The quantitative estimate of drug-likeness (QED) is 0.648. The molecule has 114 valence electrons. The van der Waals surface area contributed by atoms with Crippen LogP contribution in [0.1, 0.15) is 16.8 Å². The van der Waals surface area contributed by atoms with Crippen LogP contribution in [-0.4, -0.2) is 48.6 Å². The Morgan fingerprint density at radius 2 is 1.95 bits per heavy atom. The SMILES string of the molecule is CN(C)C(=O)CCNC(=O)Nc1ccc(I)cc1C(=O)O. The zero-order valence-electron chi connectivity index (χ0n) is 11.6. The van der Waals surface area contributed by atoms with Gasteiger partial charge in [-0.15, -0.1) is 0 Å². The molecular formula is C13H16IN3O4. The highest BCUT2D eigenvalue weighted by Crippen LogP contribution is 2.18. The fourth-order valence-electron chi connectivity index (χ4n) is 1.48. The molecule has 21 heavy (non-hydrogen) atoms. The normalized spacial score (nSPS) is 9.86. The summed E-state index contributed by atoms with van der Waals surface area (Å²) >= 11 is 1.99. The van der Waals surface area contributed by atoms with Crippen molar-refractivity contribution in [3.8, 4) is 0 Å². The number of nitrogens with one attached hydrogen (secondary N) is 2. The van der Waals surface area contributed by atoms with E-state index in [-0.39, 0.29) is 30.1 Å². The van der Waals surface area contributed by atoms with Crippen LogP contribution in [0.15, 0.2) is 18.2 Å². The van der Waals surface area contributed by atoms with Crippen molar-refractivity contribution in [3.63, 3.8) is 0 Å². The van der Waals surface area contributed by atoms with Crippen molar-refractivity contribution < 1.29 is 19.5 Å². The van der Waals surface area contributed by atoms with Crippen LogP contribution in [0, 0.1) is 3.57 Å². The third-order valence-electron chi connectivity index (χ3n) is 2.58. The van der Waals surface area contributed by atoms with Crippen molar-refractivity contribution in [3.05, 3.63) is 27.3 Å². The molecule has 7 nitrogen and oxygen atoms in total. The Labute approximate surface area is 135 Å². The Kier molecular flexibility index (Phi) is 6.40. The summed E-state index contributed by atoms with van der Waals surface area (Å²) in [5.41, 5.74) is 0.223. The predicted molar refractivity (Wildman–Crippen MR) is 86.5 cm³/mol. The number of hydrogen-bond donors (Lipinski definition) is 3. The summed E-state index contributed by atoms with van der Waals surface area (Å²) in [5, 5.41) is 14.1. The van der Waals surface area contributed by atoms with E-state index in [1.54, 1.807) is 20.2 Å². The molecule has 0 bridgehead atoms. The molecule has 0 heterocycles. The maximum absolute atomic E-state index is 11.7. The number of urea groups is 1. The van der Waals surface area contributed by atoms with E-state index in [2.05, 4.69) is 10.6 Å². The van der Waals surface area contributed by atoms with E-state index in [4.69, 9.17) is 5.11 Å². The molecule has 1 rings (SSSR count). The molecule has 3 N–H and O–H groups in total. The standard InChI is InChI=1S/C13H16IN3O4/c1-17(2)11(18)5-6-15-13(21)16-10-4-3-8(14)7-9(10)12(19)20/h3-4,7H,5-6H2,1-2H3,(H,19,20)(H2,15,16,21). The Balaban J connectivity index is 2.59. The number of rotatable bonds is 5. The Hall–Kier alpha value is -1.84. The maximum Gasteiger partial charge on any atom is 0.337 e. The van der Waals surface area contributed by atoms with Gasteiger partial charge in [0.15, 0.2) is 0 Å². The molecule has 1 aromatic rings. The van der Waals surface area contributed by atoms with Crippen LogP contribution < -0.4 is 10.6 Å². The zero-order valence-corrected chi connectivity index (χ0v) is 13.8. The van der Waals surface area contributed by atoms with Crippen LogP contribution in [0.2, 0.25) is 0 Å². The van der Waals surface area contributed by atoms with E-state index in [9.17, 15) is 14.4 Å². The summed E-state index contributed by atoms with van der Waals surface area (Å²) in [7, 11) is 3.26. The average Bonchev–Trinajstić information content (AvgIpc) is 2.40. The lowest BCUT2D eigenvalue weighted by Crippen LogP contribution is -2.33. The highest BCUT2D eigenvalue weighted by atomic mass is 127. The minimum absolute atomic E-state index is 0.0152. The second-order valence-electron chi connectivity index (χ2n) is 4.41. The number of aromatic carboxylic acids is 1. The molecule has 0 radical (unpaired) electrons. The number of benzene rings is 1. The van der Waals surface area contributed by atoms with Crippen molar-refractivity contribution in [2.24, 2.45) is 0 Å². The van der Waals surface area contributed by atoms with E-state index in [0.717, 1.165) is 3.57 Å². The summed E-state index contributed by atoms with van der Waals surface area (Å²) in [6.45, 7) is 0.176. The summed E-state index contributed by atoms with van der Waals surface area (Å²) in [6, 6.07) is 4.13. The van der Waals surface area contributed by atoms with Gasteiger partial charge in [-0.3, -0.25) is 4.79 Å². The second kappa shape index (κ2) is 7.81. The van der Waals surface area contributed by atoms with Crippen LogP contribution >= 0.6 is 22.6 Å². The van der Waals surface area contributed by atoms with Gasteiger partial charge in [-0.05, 0) is 40.8 Å². The molecule has 0 unspecified atom stereocenters. The van der Waals surface area contributed by atoms with Gasteiger partial charge in [0.05, 0.1) is 11.3 Å². The minimum atomic E-state index is -1.12.